The summed E-state index contributed by atoms with van der Waals surface area (Å²) in [5, 5.41) is 0. The van der Waals surface area contributed by atoms with Crippen LogP contribution < -0.4 is 9.47 Å². The fourth-order valence-electron chi connectivity index (χ4n) is 0.841. The third kappa shape index (κ3) is 3.55. The first-order valence-corrected chi connectivity index (χ1v) is 3.91. The monoisotopic (exact) mass is 205 g/mol. The van der Waals surface area contributed by atoms with Gasteiger partial charge >= 0.3 is 6.36 Å². The number of ether oxygens (including phenoxy) is 2. The Bertz CT molecular complexity index is 279. The zero-order valence-electron chi connectivity index (χ0n) is 7.39. The number of hydrogen-bond acceptors (Lipinski definition) is 2. The molecule has 0 aromatic heterocycles. The van der Waals surface area contributed by atoms with E-state index in [9.17, 15) is 13.2 Å². The molecule has 14 heavy (non-hydrogen) atoms. The van der Waals surface area contributed by atoms with Crippen molar-refractivity contribution in [3.05, 3.63) is 24.3 Å². The van der Waals surface area contributed by atoms with E-state index in [1.807, 2.05) is 0 Å². The Hall–Kier alpha value is -1.39. The predicted molar refractivity (Wildman–Crippen MR) is 43.1 cm³/mol. The second-order valence-corrected chi connectivity index (χ2v) is 2.37. The van der Waals surface area contributed by atoms with E-state index in [1.165, 1.54) is 12.1 Å². The molecule has 0 N–H and O–H groups in total. The topological polar surface area (TPSA) is 18.5 Å². The van der Waals surface area contributed by atoms with Gasteiger partial charge in [-0.1, -0.05) is 0 Å². The maximum Gasteiger partial charge on any atom is 0.573 e. The van der Waals surface area contributed by atoms with Crippen LogP contribution in [0.1, 0.15) is 6.92 Å². The van der Waals surface area contributed by atoms with Crippen LogP contribution in [0.2, 0.25) is 0 Å². The average molecular weight is 205 g/mol. The van der Waals surface area contributed by atoms with Gasteiger partial charge in [0.15, 0.2) is 0 Å². The number of benzene rings is 1. The molecule has 1 rings (SSSR count). The minimum atomic E-state index is -4.68. The smallest absolute Gasteiger partial charge is 0.494 e. The van der Waals surface area contributed by atoms with Gasteiger partial charge in [-0.15, -0.1) is 13.2 Å². The van der Waals surface area contributed by atoms with Gasteiger partial charge in [0, 0.05) is 6.07 Å². The van der Waals surface area contributed by atoms with E-state index in [-0.39, 0.29) is 5.75 Å². The van der Waals surface area contributed by atoms with Crippen molar-refractivity contribution in [1.82, 2.24) is 0 Å². The van der Waals surface area contributed by atoms with Crippen LogP contribution in [0.5, 0.6) is 11.5 Å². The fourth-order valence-corrected chi connectivity index (χ4v) is 0.841. The normalized spacial score (nSPS) is 11.1. The zero-order chi connectivity index (χ0) is 10.6. The molecule has 0 aliphatic heterocycles. The van der Waals surface area contributed by atoms with Crippen molar-refractivity contribution in [3.63, 3.8) is 0 Å². The summed E-state index contributed by atoms with van der Waals surface area (Å²) in [7, 11) is 0. The summed E-state index contributed by atoms with van der Waals surface area (Å²) in [5.74, 6) is 0.0861. The van der Waals surface area contributed by atoms with Gasteiger partial charge in [0.2, 0.25) is 0 Å². The molecule has 0 aliphatic carbocycles. The Morgan fingerprint density at radius 1 is 1.36 bits per heavy atom. The molecule has 0 saturated carbocycles. The van der Waals surface area contributed by atoms with Crippen LogP contribution in [0.3, 0.4) is 0 Å². The number of halogens is 3. The van der Waals surface area contributed by atoms with Crippen LogP contribution in [-0.2, 0) is 0 Å². The maximum atomic E-state index is 11.7. The van der Waals surface area contributed by atoms with Crippen LogP contribution in [0.4, 0.5) is 13.2 Å². The molecule has 0 fully saturated rings. The summed E-state index contributed by atoms with van der Waals surface area (Å²) in [6.45, 7) is 2.23. The predicted octanol–water partition coefficient (Wildman–Crippen LogP) is 2.78. The largest absolute Gasteiger partial charge is 0.573 e. The highest BCUT2D eigenvalue weighted by Crippen LogP contribution is 2.23. The molecule has 0 bridgehead atoms. The molecule has 0 unspecified atom stereocenters. The third-order valence-electron chi connectivity index (χ3n) is 1.29. The molecular weight excluding hydrogens is 197 g/mol. The Morgan fingerprint density at radius 3 is 2.50 bits per heavy atom. The third-order valence-corrected chi connectivity index (χ3v) is 1.29. The molecule has 0 saturated heterocycles. The van der Waals surface area contributed by atoms with Crippen LogP contribution in [0.15, 0.2) is 18.2 Å². The quantitative estimate of drug-likeness (QED) is 0.755. The van der Waals surface area contributed by atoms with Crippen LogP contribution in [0, 0.1) is 6.07 Å². The SMILES string of the molecule is CCOc1c[c]c(OC(F)(F)F)cc1. The Morgan fingerprint density at radius 2 is 2.07 bits per heavy atom. The lowest BCUT2D eigenvalue weighted by atomic mass is 10.3. The summed E-state index contributed by atoms with van der Waals surface area (Å²) in [6, 6.07) is 6.15. The van der Waals surface area contributed by atoms with Gasteiger partial charge in [-0.05, 0) is 25.1 Å². The molecule has 0 spiro atoms. The maximum absolute atomic E-state index is 11.7. The first-order chi connectivity index (χ1) is 6.51. The second kappa shape index (κ2) is 4.21. The molecule has 2 nitrogen and oxygen atoms in total. The summed E-state index contributed by atoms with van der Waals surface area (Å²) >= 11 is 0. The highest BCUT2D eigenvalue weighted by Gasteiger charge is 2.31. The van der Waals surface area contributed by atoms with Gasteiger partial charge < -0.3 is 9.47 Å². The van der Waals surface area contributed by atoms with E-state index in [0.717, 1.165) is 6.07 Å². The zero-order valence-corrected chi connectivity index (χ0v) is 7.39. The first-order valence-electron chi connectivity index (χ1n) is 3.91. The molecule has 5 heteroatoms. The second-order valence-electron chi connectivity index (χ2n) is 2.37. The van der Waals surface area contributed by atoms with Gasteiger partial charge in [-0.3, -0.25) is 0 Å². The van der Waals surface area contributed by atoms with Crippen LogP contribution >= 0.6 is 0 Å². The lowest BCUT2D eigenvalue weighted by Crippen LogP contribution is -2.17. The lowest BCUT2D eigenvalue weighted by Gasteiger charge is -2.08. The molecule has 0 amide bonds. The Kier molecular flexibility index (Phi) is 3.22. The standard InChI is InChI=1S/C9H8F3O2/c1-2-13-7-3-5-8(6-4-7)14-9(10,11)12/h3-5H,2H2,1H3. The molecule has 0 atom stereocenters. The molecule has 0 heterocycles. The van der Waals surface area contributed by atoms with E-state index in [2.05, 4.69) is 10.8 Å². The lowest BCUT2D eigenvalue weighted by molar-refractivity contribution is -0.274. The van der Waals surface area contributed by atoms with Crippen molar-refractivity contribution in [2.45, 2.75) is 13.3 Å². The van der Waals surface area contributed by atoms with E-state index in [1.54, 1.807) is 6.92 Å². The number of rotatable bonds is 3. The van der Waals surface area contributed by atoms with E-state index in [4.69, 9.17) is 4.74 Å². The van der Waals surface area contributed by atoms with E-state index in [0.29, 0.717) is 12.4 Å². The van der Waals surface area contributed by atoms with Crippen molar-refractivity contribution < 1.29 is 22.6 Å². The molecule has 1 radical (unpaired) electrons. The minimum Gasteiger partial charge on any atom is -0.494 e. The number of alkyl halides is 3. The molecular formula is C9H8F3O2. The van der Waals surface area contributed by atoms with E-state index >= 15 is 0 Å². The molecule has 1 aromatic carbocycles. The molecule has 77 valence electrons. The Balaban J connectivity index is 2.64. The van der Waals surface area contributed by atoms with Crippen molar-refractivity contribution in [2.75, 3.05) is 6.61 Å². The van der Waals surface area contributed by atoms with Crippen molar-refractivity contribution in [2.24, 2.45) is 0 Å². The number of hydrogen-bond donors (Lipinski definition) is 0. The van der Waals surface area contributed by atoms with Crippen molar-refractivity contribution >= 4 is 0 Å². The van der Waals surface area contributed by atoms with Gasteiger partial charge in [0.05, 0.1) is 6.61 Å². The minimum absolute atomic E-state index is 0.374. The van der Waals surface area contributed by atoms with Crippen molar-refractivity contribution in [3.8, 4) is 11.5 Å². The van der Waals surface area contributed by atoms with Gasteiger partial charge in [0.1, 0.15) is 11.5 Å². The van der Waals surface area contributed by atoms with E-state index < -0.39 is 6.36 Å². The average Bonchev–Trinajstić information content (AvgIpc) is 2.06. The van der Waals surface area contributed by atoms with Gasteiger partial charge in [-0.25, -0.2) is 0 Å². The van der Waals surface area contributed by atoms with Crippen LogP contribution in [0.25, 0.3) is 0 Å². The molecule has 1 aromatic rings. The first kappa shape index (κ1) is 10.7. The molecule has 0 aliphatic rings. The highest BCUT2D eigenvalue weighted by molar-refractivity contribution is 5.30. The summed E-state index contributed by atoms with van der Waals surface area (Å²) in [5.41, 5.74) is 0. The van der Waals surface area contributed by atoms with Crippen molar-refractivity contribution in [1.29, 1.82) is 0 Å². The summed E-state index contributed by atoms with van der Waals surface area (Å²) in [4.78, 5) is 0. The van der Waals surface area contributed by atoms with Gasteiger partial charge in [0.25, 0.3) is 0 Å². The van der Waals surface area contributed by atoms with Gasteiger partial charge in [-0.2, -0.15) is 0 Å². The fraction of sp³-hybridized carbons (Fsp3) is 0.333. The summed E-state index contributed by atoms with van der Waals surface area (Å²) in [6.07, 6.45) is -4.68. The Labute approximate surface area is 79.2 Å². The highest BCUT2D eigenvalue weighted by atomic mass is 19.4. The summed E-state index contributed by atoms with van der Waals surface area (Å²) < 4.78 is 43.8. The van der Waals surface area contributed by atoms with Crippen LogP contribution in [-0.4, -0.2) is 13.0 Å².